The van der Waals surface area contributed by atoms with Gasteiger partial charge in [0.05, 0.1) is 16.6 Å². The fourth-order valence-electron chi connectivity index (χ4n) is 8.69. The van der Waals surface area contributed by atoms with Crippen molar-refractivity contribution in [2.24, 2.45) is 28.6 Å². The molecule has 0 unspecified atom stereocenters. The number of esters is 2. The van der Waals surface area contributed by atoms with Crippen LogP contribution in [-0.4, -0.2) is 52.4 Å². The number of aldehydes is 1. The van der Waals surface area contributed by atoms with Gasteiger partial charge in [0, 0.05) is 24.3 Å². The minimum Gasteiger partial charge on any atom is -0.462 e. The smallest absolute Gasteiger partial charge is 0.331 e. The van der Waals surface area contributed by atoms with Crippen molar-refractivity contribution in [2.75, 3.05) is 6.61 Å². The standard InChI is InChI=1S/C26H36O7/c1-3-21(28)33-17-4-9-24(15-27)19-5-8-23(2)18(16-12-22(29)32-14-16)7-11-26(23,31)20(19)6-10-25(24,30)13-17/h12,15,17-20,30-31H,3-11,13-14H2,1-2H3/t17-,18+,19-,20+,23+,24-,25-,26-/m0/s1. The maximum Gasteiger partial charge on any atom is 0.331 e. The van der Waals surface area contributed by atoms with Gasteiger partial charge in [-0.25, -0.2) is 4.79 Å². The third-order valence-corrected chi connectivity index (χ3v) is 10.4. The molecule has 4 fully saturated rings. The van der Waals surface area contributed by atoms with Crippen LogP contribution in [0.2, 0.25) is 0 Å². The second kappa shape index (κ2) is 7.64. The van der Waals surface area contributed by atoms with Crippen LogP contribution in [0.5, 0.6) is 0 Å². The maximum absolute atomic E-state index is 12.7. The first-order valence-electron chi connectivity index (χ1n) is 12.6. The number of hydrogen-bond acceptors (Lipinski definition) is 7. The molecule has 7 heteroatoms. The summed E-state index contributed by atoms with van der Waals surface area (Å²) in [6.45, 7) is 4.19. The largest absolute Gasteiger partial charge is 0.462 e. The number of carbonyl (C=O) groups is 3. The third-order valence-electron chi connectivity index (χ3n) is 10.4. The highest BCUT2D eigenvalue weighted by Crippen LogP contribution is 2.70. The Bertz CT molecular complexity index is 897. The number of aliphatic hydroxyl groups is 2. The lowest BCUT2D eigenvalue weighted by molar-refractivity contribution is -0.249. The SMILES string of the molecule is CCC(=O)O[C@H]1CC[C@]2(C=O)[C@H]3CC[C@]4(C)[C@@H](C5=CC(=O)OC5)CC[C@]4(O)[C@@H]3CC[C@]2(O)C1. The molecule has 4 aliphatic carbocycles. The van der Waals surface area contributed by atoms with Crippen LogP contribution >= 0.6 is 0 Å². The highest BCUT2D eigenvalue weighted by Gasteiger charge is 2.71. The molecule has 5 aliphatic rings. The Morgan fingerprint density at radius 2 is 1.91 bits per heavy atom. The van der Waals surface area contributed by atoms with Gasteiger partial charge in [-0.1, -0.05) is 13.8 Å². The summed E-state index contributed by atoms with van der Waals surface area (Å²) in [6.07, 6.45) is 7.76. The third kappa shape index (κ3) is 3.04. The molecule has 1 aliphatic heterocycles. The van der Waals surface area contributed by atoms with Crippen LogP contribution in [0, 0.1) is 28.6 Å². The molecule has 33 heavy (non-hydrogen) atoms. The van der Waals surface area contributed by atoms with Crippen molar-refractivity contribution < 1.29 is 34.1 Å². The summed E-state index contributed by atoms with van der Waals surface area (Å²) in [4.78, 5) is 36.3. The summed E-state index contributed by atoms with van der Waals surface area (Å²) in [5.41, 5.74) is -2.50. The fourth-order valence-corrected chi connectivity index (χ4v) is 8.69. The number of fused-ring (bicyclic) bond motifs is 5. The monoisotopic (exact) mass is 460 g/mol. The van der Waals surface area contributed by atoms with Crippen molar-refractivity contribution >= 4 is 18.2 Å². The molecule has 182 valence electrons. The number of cyclic esters (lactones) is 1. The van der Waals surface area contributed by atoms with Crippen molar-refractivity contribution in [1.82, 2.24) is 0 Å². The molecular formula is C26H36O7. The van der Waals surface area contributed by atoms with E-state index >= 15 is 0 Å². The first kappa shape index (κ1) is 23.0. The molecule has 4 saturated carbocycles. The zero-order chi connectivity index (χ0) is 23.6. The van der Waals surface area contributed by atoms with Gasteiger partial charge in [0.25, 0.3) is 0 Å². The first-order valence-corrected chi connectivity index (χ1v) is 12.6. The molecule has 0 aromatic carbocycles. The predicted octanol–water partition coefficient (Wildman–Crippen LogP) is 2.86. The fraction of sp³-hybridized carbons (Fsp3) is 0.808. The average Bonchev–Trinajstić information content (AvgIpc) is 3.33. The second-order valence-corrected chi connectivity index (χ2v) is 11.4. The van der Waals surface area contributed by atoms with Crippen molar-refractivity contribution in [3.05, 3.63) is 11.6 Å². The van der Waals surface area contributed by atoms with Gasteiger partial charge in [0.1, 0.15) is 19.0 Å². The van der Waals surface area contributed by atoms with Crippen LogP contribution in [-0.2, 0) is 23.9 Å². The van der Waals surface area contributed by atoms with Gasteiger partial charge in [0.15, 0.2) is 0 Å². The zero-order valence-corrected chi connectivity index (χ0v) is 19.7. The molecule has 2 N–H and O–H groups in total. The lowest BCUT2D eigenvalue weighted by Gasteiger charge is -2.65. The molecule has 0 radical (unpaired) electrons. The van der Waals surface area contributed by atoms with E-state index in [0.29, 0.717) is 38.7 Å². The summed E-state index contributed by atoms with van der Waals surface area (Å²) >= 11 is 0. The van der Waals surface area contributed by atoms with Crippen molar-refractivity contribution in [3.8, 4) is 0 Å². The lowest BCUT2D eigenvalue weighted by atomic mass is 9.41. The Labute approximate surface area is 194 Å². The van der Waals surface area contributed by atoms with Gasteiger partial charge in [-0.15, -0.1) is 0 Å². The van der Waals surface area contributed by atoms with Gasteiger partial charge in [-0.2, -0.15) is 0 Å². The van der Waals surface area contributed by atoms with E-state index in [4.69, 9.17) is 9.47 Å². The Kier molecular flexibility index (Phi) is 5.33. The normalized spacial score (nSPS) is 48.7. The van der Waals surface area contributed by atoms with E-state index < -0.39 is 16.6 Å². The quantitative estimate of drug-likeness (QED) is 0.490. The van der Waals surface area contributed by atoms with Crippen LogP contribution < -0.4 is 0 Å². The summed E-state index contributed by atoms with van der Waals surface area (Å²) in [5.74, 6) is -0.684. The molecule has 0 aromatic heterocycles. The van der Waals surface area contributed by atoms with Crippen molar-refractivity contribution in [2.45, 2.75) is 95.4 Å². The topological polar surface area (TPSA) is 110 Å². The van der Waals surface area contributed by atoms with Crippen molar-refractivity contribution in [3.63, 3.8) is 0 Å². The van der Waals surface area contributed by atoms with E-state index in [-0.39, 0.29) is 54.1 Å². The van der Waals surface area contributed by atoms with E-state index in [0.717, 1.165) is 31.1 Å². The molecule has 0 spiro atoms. The van der Waals surface area contributed by atoms with Gasteiger partial charge in [0.2, 0.25) is 0 Å². The van der Waals surface area contributed by atoms with E-state index in [1.54, 1.807) is 13.0 Å². The highest BCUT2D eigenvalue weighted by atomic mass is 16.5. The molecule has 7 nitrogen and oxygen atoms in total. The molecule has 5 rings (SSSR count). The molecular weight excluding hydrogens is 424 g/mol. The minimum absolute atomic E-state index is 0.0832. The van der Waals surface area contributed by atoms with Crippen LogP contribution in [0.1, 0.15) is 78.1 Å². The molecule has 0 amide bonds. The highest BCUT2D eigenvalue weighted by molar-refractivity contribution is 5.85. The van der Waals surface area contributed by atoms with Crippen LogP contribution in [0.25, 0.3) is 0 Å². The Morgan fingerprint density at radius 3 is 2.58 bits per heavy atom. The summed E-state index contributed by atoms with van der Waals surface area (Å²) in [6, 6.07) is 0. The van der Waals surface area contributed by atoms with Gasteiger partial charge < -0.3 is 24.5 Å². The molecule has 0 aromatic rings. The first-order chi connectivity index (χ1) is 15.6. The van der Waals surface area contributed by atoms with Gasteiger partial charge in [-0.05, 0) is 74.7 Å². The van der Waals surface area contributed by atoms with Gasteiger partial charge in [-0.3, -0.25) is 4.79 Å². The number of carbonyl (C=O) groups excluding carboxylic acids is 3. The summed E-state index contributed by atoms with van der Waals surface area (Å²) in [7, 11) is 0. The van der Waals surface area contributed by atoms with E-state index in [9.17, 15) is 24.6 Å². The Balaban J connectivity index is 1.44. The summed E-state index contributed by atoms with van der Waals surface area (Å²) in [5, 5.41) is 24.0. The molecule has 8 atom stereocenters. The van der Waals surface area contributed by atoms with E-state index in [2.05, 4.69) is 6.92 Å². The Hall–Kier alpha value is -1.73. The molecule has 0 bridgehead atoms. The van der Waals surface area contributed by atoms with E-state index in [1.807, 2.05) is 0 Å². The van der Waals surface area contributed by atoms with Gasteiger partial charge >= 0.3 is 11.9 Å². The predicted molar refractivity (Wildman–Crippen MR) is 118 cm³/mol. The summed E-state index contributed by atoms with van der Waals surface area (Å²) < 4.78 is 10.7. The van der Waals surface area contributed by atoms with E-state index in [1.165, 1.54) is 0 Å². The molecule has 1 heterocycles. The number of ether oxygens (including phenoxy) is 2. The number of rotatable bonds is 4. The van der Waals surface area contributed by atoms with Crippen LogP contribution in [0.15, 0.2) is 11.6 Å². The Morgan fingerprint density at radius 1 is 1.15 bits per heavy atom. The maximum atomic E-state index is 12.7. The van der Waals surface area contributed by atoms with Crippen LogP contribution in [0.3, 0.4) is 0 Å². The number of hydrogen-bond donors (Lipinski definition) is 2. The molecule has 0 saturated heterocycles. The second-order valence-electron chi connectivity index (χ2n) is 11.4. The lowest BCUT2D eigenvalue weighted by Crippen LogP contribution is -2.69. The minimum atomic E-state index is -1.22. The van der Waals surface area contributed by atoms with Crippen molar-refractivity contribution in [1.29, 1.82) is 0 Å². The zero-order valence-electron chi connectivity index (χ0n) is 19.7. The average molecular weight is 461 g/mol. The van der Waals surface area contributed by atoms with Crippen LogP contribution in [0.4, 0.5) is 0 Å².